The van der Waals surface area contributed by atoms with E-state index in [0.717, 1.165) is 24.0 Å². The maximum atomic E-state index is 13.1. The number of halogens is 1. The molecule has 0 fully saturated rings. The highest BCUT2D eigenvalue weighted by molar-refractivity contribution is 5.27. The normalized spacial score (nSPS) is 12.4. The van der Waals surface area contributed by atoms with Crippen molar-refractivity contribution in [3.05, 3.63) is 71.0 Å². The van der Waals surface area contributed by atoms with Crippen LogP contribution in [-0.4, -0.2) is 5.11 Å². The van der Waals surface area contributed by atoms with Crippen molar-refractivity contribution in [1.29, 1.82) is 0 Å². The Morgan fingerprint density at radius 3 is 2.53 bits per heavy atom. The molecule has 0 bridgehead atoms. The Kier molecular flexibility index (Phi) is 4.69. The maximum absolute atomic E-state index is 13.1. The Morgan fingerprint density at radius 2 is 1.79 bits per heavy atom. The van der Waals surface area contributed by atoms with E-state index >= 15 is 0 Å². The third-order valence-electron chi connectivity index (χ3n) is 3.19. The smallest absolute Gasteiger partial charge is 0.123 e. The summed E-state index contributed by atoms with van der Waals surface area (Å²) in [7, 11) is 0. The van der Waals surface area contributed by atoms with Gasteiger partial charge in [0.25, 0.3) is 0 Å². The molecule has 0 amide bonds. The molecule has 2 aromatic rings. The van der Waals surface area contributed by atoms with Crippen LogP contribution in [0.4, 0.5) is 4.39 Å². The van der Waals surface area contributed by atoms with E-state index in [1.807, 2.05) is 24.3 Å². The second-order valence-corrected chi connectivity index (χ2v) is 4.84. The fraction of sp³-hybridized carbons (Fsp3) is 0.294. The molecule has 0 heterocycles. The molecule has 100 valence electrons. The summed E-state index contributed by atoms with van der Waals surface area (Å²) in [4.78, 5) is 0. The minimum Gasteiger partial charge on any atom is -0.388 e. The second-order valence-electron chi connectivity index (χ2n) is 4.84. The lowest BCUT2D eigenvalue weighted by Gasteiger charge is -2.12. The van der Waals surface area contributed by atoms with Gasteiger partial charge in [-0.25, -0.2) is 4.39 Å². The van der Waals surface area contributed by atoms with E-state index in [9.17, 15) is 9.50 Å². The minimum absolute atomic E-state index is 0.260. The van der Waals surface area contributed by atoms with Crippen LogP contribution < -0.4 is 0 Å². The summed E-state index contributed by atoms with van der Waals surface area (Å²) in [6.45, 7) is 2.13. The van der Waals surface area contributed by atoms with Gasteiger partial charge in [0.1, 0.15) is 5.82 Å². The molecule has 0 saturated carbocycles. The Balaban J connectivity index is 2.11. The van der Waals surface area contributed by atoms with E-state index in [0.29, 0.717) is 6.42 Å². The van der Waals surface area contributed by atoms with Crippen LogP contribution in [0.15, 0.2) is 48.5 Å². The Morgan fingerprint density at radius 1 is 1.05 bits per heavy atom. The molecular formula is C17H19FO. The van der Waals surface area contributed by atoms with Gasteiger partial charge in [0.05, 0.1) is 6.10 Å². The van der Waals surface area contributed by atoms with E-state index in [-0.39, 0.29) is 5.82 Å². The van der Waals surface area contributed by atoms with Crippen molar-refractivity contribution in [3.63, 3.8) is 0 Å². The van der Waals surface area contributed by atoms with Crippen molar-refractivity contribution in [2.24, 2.45) is 0 Å². The van der Waals surface area contributed by atoms with Crippen LogP contribution in [0.25, 0.3) is 0 Å². The number of hydrogen-bond acceptors (Lipinski definition) is 1. The van der Waals surface area contributed by atoms with Crippen LogP contribution in [0, 0.1) is 5.82 Å². The van der Waals surface area contributed by atoms with Crippen LogP contribution in [0.3, 0.4) is 0 Å². The molecule has 1 N–H and O–H groups in total. The van der Waals surface area contributed by atoms with Crippen molar-refractivity contribution >= 4 is 0 Å². The first-order valence-electron chi connectivity index (χ1n) is 6.70. The third kappa shape index (κ3) is 3.90. The Bertz CT molecular complexity index is 536. The molecular weight excluding hydrogens is 239 g/mol. The summed E-state index contributed by atoms with van der Waals surface area (Å²) in [6, 6.07) is 14.4. The van der Waals surface area contributed by atoms with Crippen molar-refractivity contribution < 1.29 is 9.50 Å². The molecule has 2 rings (SSSR count). The monoisotopic (exact) mass is 258 g/mol. The second kappa shape index (κ2) is 6.48. The fourth-order valence-electron chi connectivity index (χ4n) is 2.25. The number of aliphatic hydroxyl groups excluding tert-OH is 1. The van der Waals surface area contributed by atoms with Gasteiger partial charge in [-0.1, -0.05) is 49.7 Å². The van der Waals surface area contributed by atoms with Gasteiger partial charge in [-0.3, -0.25) is 0 Å². The molecule has 19 heavy (non-hydrogen) atoms. The summed E-state index contributed by atoms with van der Waals surface area (Å²) >= 11 is 0. The van der Waals surface area contributed by atoms with E-state index in [1.54, 1.807) is 6.07 Å². The van der Waals surface area contributed by atoms with E-state index in [2.05, 4.69) is 13.0 Å². The van der Waals surface area contributed by atoms with Crippen LogP contribution >= 0.6 is 0 Å². The van der Waals surface area contributed by atoms with Crippen molar-refractivity contribution in [3.8, 4) is 0 Å². The molecule has 0 aromatic heterocycles. The summed E-state index contributed by atoms with van der Waals surface area (Å²) in [5.41, 5.74) is 2.95. The van der Waals surface area contributed by atoms with Crippen molar-refractivity contribution in [2.75, 3.05) is 0 Å². The quantitative estimate of drug-likeness (QED) is 0.857. The molecule has 1 atom stereocenters. The first kappa shape index (κ1) is 13.8. The lowest BCUT2D eigenvalue weighted by molar-refractivity contribution is 0.178. The summed E-state index contributed by atoms with van der Waals surface area (Å²) in [5.74, 6) is -0.260. The average molecular weight is 258 g/mol. The summed E-state index contributed by atoms with van der Waals surface area (Å²) < 4.78 is 13.1. The number of benzene rings is 2. The van der Waals surface area contributed by atoms with Crippen molar-refractivity contribution in [2.45, 2.75) is 32.3 Å². The lowest BCUT2D eigenvalue weighted by atomic mass is 9.98. The molecule has 0 saturated heterocycles. The molecule has 2 aromatic carbocycles. The molecule has 2 heteroatoms. The van der Waals surface area contributed by atoms with Gasteiger partial charge in [-0.05, 0) is 35.2 Å². The average Bonchev–Trinajstić information content (AvgIpc) is 2.39. The highest BCUT2D eigenvalue weighted by Gasteiger charge is 2.09. The fourth-order valence-corrected chi connectivity index (χ4v) is 2.25. The summed E-state index contributed by atoms with van der Waals surface area (Å²) in [6.07, 6.45) is 1.95. The number of aryl methyl sites for hydroxylation is 1. The largest absolute Gasteiger partial charge is 0.388 e. The lowest BCUT2D eigenvalue weighted by Crippen LogP contribution is -2.02. The first-order chi connectivity index (χ1) is 9.19. The van der Waals surface area contributed by atoms with Crippen LogP contribution in [-0.2, 0) is 12.8 Å². The SMILES string of the molecule is CCCc1cccc(C(O)Cc2cccc(F)c2)c1. The number of hydrogen-bond donors (Lipinski definition) is 1. The van der Waals surface area contributed by atoms with Crippen LogP contribution in [0.1, 0.15) is 36.1 Å². The molecule has 0 aliphatic heterocycles. The van der Waals surface area contributed by atoms with Crippen LogP contribution in [0.2, 0.25) is 0 Å². The topological polar surface area (TPSA) is 20.2 Å². The minimum atomic E-state index is -0.585. The van der Waals surface area contributed by atoms with Gasteiger partial charge in [-0.15, -0.1) is 0 Å². The van der Waals surface area contributed by atoms with Gasteiger partial charge in [0.15, 0.2) is 0 Å². The molecule has 1 unspecified atom stereocenters. The van der Waals surface area contributed by atoms with Gasteiger partial charge < -0.3 is 5.11 Å². The molecule has 0 aliphatic rings. The molecule has 0 spiro atoms. The number of rotatable bonds is 5. The van der Waals surface area contributed by atoms with Gasteiger partial charge in [0.2, 0.25) is 0 Å². The Hall–Kier alpha value is -1.67. The number of aliphatic hydroxyl groups is 1. The highest BCUT2D eigenvalue weighted by Crippen LogP contribution is 2.20. The molecule has 0 aliphatic carbocycles. The first-order valence-corrected chi connectivity index (χ1v) is 6.70. The summed E-state index contributed by atoms with van der Waals surface area (Å²) in [5, 5.41) is 10.2. The molecule has 0 radical (unpaired) electrons. The zero-order valence-electron chi connectivity index (χ0n) is 11.1. The van der Waals surface area contributed by atoms with E-state index < -0.39 is 6.10 Å². The van der Waals surface area contributed by atoms with Gasteiger partial charge >= 0.3 is 0 Å². The van der Waals surface area contributed by atoms with E-state index in [1.165, 1.54) is 17.7 Å². The van der Waals surface area contributed by atoms with Gasteiger partial charge in [-0.2, -0.15) is 0 Å². The van der Waals surface area contributed by atoms with E-state index in [4.69, 9.17) is 0 Å². The van der Waals surface area contributed by atoms with Gasteiger partial charge in [0, 0.05) is 6.42 Å². The van der Waals surface area contributed by atoms with Crippen LogP contribution in [0.5, 0.6) is 0 Å². The van der Waals surface area contributed by atoms with Crippen molar-refractivity contribution in [1.82, 2.24) is 0 Å². The zero-order valence-corrected chi connectivity index (χ0v) is 11.1. The standard InChI is InChI=1S/C17H19FO/c1-2-5-13-6-3-8-15(10-13)17(19)12-14-7-4-9-16(18)11-14/h3-4,6-11,17,19H,2,5,12H2,1H3. The Labute approximate surface area is 113 Å². The third-order valence-corrected chi connectivity index (χ3v) is 3.19. The predicted octanol–water partition coefficient (Wildman–Crippen LogP) is 4.05. The molecule has 1 nitrogen and oxygen atoms in total. The predicted molar refractivity (Wildman–Crippen MR) is 75.5 cm³/mol. The zero-order chi connectivity index (χ0) is 13.7. The maximum Gasteiger partial charge on any atom is 0.123 e. The highest BCUT2D eigenvalue weighted by atomic mass is 19.1.